The lowest BCUT2D eigenvalue weighted by atomic mass is 10.0. The van der Waals surface area contributed by atoms with E-state index in [0.29, 0.717) is 5.92 Å². The summed E-state index contributed by atoms with van der Waals surface area (Å²) in [6.07, 6.45) is 1.97. The van der Waals surface area contributed by atoms with Crippen molar-refractivity contribution in [3.63, 3.8) is 0 Å². The van der Waals surface area contributed by atoms with Gasteiger partial charge in [0.25, 0.3) is 0 Å². The largest absolute Gasteiger partial charge is 0.388 e. The van der Waals surface area contributed by atoms with Gasteiger partial charge in [-0.3, -0.25) is 0 Å². The summed E-state index contributed by atoms with van der Waals surface area (Å²) in [6.45, 7) is 2.19. The molecular formula is C13H18OS. The van der Waals surface area contributed by atoms with E-state index in [0.717, 1.165) is 18.4 Å². The van der Waals surface area contributed by atoms with Gasteiger partial charge in [-0.15, -0.1) is 0 Å². The van der Waals surface area contributed by atoms with Crippen LogP contribution in [0.3, 0.4) is 0 Å². The molecule has 0 aliphatic heterocycles. The SMILES string of the molecule is CCSCCC1Cc2ccccc2C1O. The van der Waals surface area contributed by atoms with Gasteiger partial charge < -0.3 is 5.11 Å². The molecule has 1 aromatic rings. The third-order valence-electron chi connectivity index (χ3n) is 3.14. The fourth-order valence-electron chi connectivity index (χ4n) is 2.30. The van der Waals surface area contributed by atoms with Crippen LogP contribution < -0.4 is 0 Å². The van der Waals surface area contributed by atoms with Crippen molar-refractivity contribution in [2.24, 2.45) is 5.92 Å². The molecule has 1 aromatic carbocycles. The van der Waals surface area contributed by atoms with Gasteiger partial charge >= 0.3 is 0 Å². The lowest BCUT2D eigenvalue weighted by Crippen LogP contribution is -2.08. The molecule has 0 amide bonds. The summed E-state index contributed by atoms with van der Waals surface area (Å²) in [5, 5.41) is 10.1. The molecule has 1 aliphatic rings. The Hall–Kier alpha value is -0.470. The number of aliphatic hydroxyl groups excluding tert-OH is 1. The lowest BCUT2D eigenvalue weighted by Gasteiger charge is -2.14. The first-order valence-electron chi connectivity index (χ1n) is 5.66. The first-order valence-corrected chi connectivity index (χ1v) is 6.82. The van der Waals surface area contributed by atoms with Gasteiger partial charge in [-0.2, -0.15) is 11.8 Å². The Morgan fingerprint density at radius 1 is 1.40 bits per heavy atom. The Kier molecular flexibility index (Phi) is 3.71. The van der Waals surface area contributed by atoms with Crippen molar-refractivity contribution in [2.45, 2.75) is 25.9 Å². The van der Waals surface area contributed by atoms with Crippen molar-refractivity contribution in [2.75, 3.05) is 11.5 Å². The van der Waals surface area contributed by atoms with Crippen LogP contribution in [0.2, 0.25) is 0 Å². The maximum Gasteiger partial charge on any atom is 0.0824 e. The Morgan fingerprint density at radius 2 is 2.20 bits per heavy atom. The van der Waals surface area contributed by atoms with Gasteiger partial charge in [0, 0.05) is 0 Å². The van der Waals surface area contributed by atoms with E-state index < -0.39 is 0 Å². The quantitative estimate of drug-likeness (QED) is 0.790. The van der Waals surface area contributed by atoms with E-state index in [1.165, 1.54) is 17.1 Å². The molecule has 0 radical (unpaired) electrons. The summed E-state index contributed by atoms with van der Waals surface area (Å²) >= 11 is 1.96. The van der Waals surface area contributed by atoms with Crippen LogP contribution >= 0.6 is 11.8 Å². The lowest BCUT2D eigenvalue weighted by molar-refractivity contribution is 0.122. The molecule has 2 rings (SSSR count). The zero-order chi connectivity index (χ0) is 10.7. The second kappa shape index (κ2) is 5.04. The fourth-order valence-corrected chi connectivity index (χ4v) is 3.05. The molecule has 15 heavy (non-hydrogen) atoms. The number of fused-ring (bicyclic) bond motifs is 1. The first kappa shape index (κ1) is 11.0. The summed E-state index contributed by atoms with van der Waals surface area (Å²) in [5.41, 5.74) is 2.50. The monoisotopic (exact) mass is 222 g/mol. The molecule has 0 spiro atoms. The molecule has 1 aliphatic carbocycles. The summed E-state index contributed by atoms with van der Waals surface area (Å²) in [6, 6.07) is 8.29. The second-order valence-corrected chi connectivity index (χ2v) is 5.49. The molecule has 0 saturated carbocycles. The van der Waals surface area contributed by atoms with Crippen molar-refractivity contribution >= 4 is 11.8 Å². The van der Waals surface area contributed by atoms with E-state index in [1.54, 1.807) is 0 Å². The molecule has 2 unspecified atom stereocenters. The van der Waals surface area contributed by atoms with E-state index in [-0.39, 0.29) is 6.10 Å². The molecule has 1 N–H and O–H groups in total. The molecule has 2 heteroatoms. The predicted octanol–water partition coefficient (Wildman–Crippen LogP) is 3.04. The van der Waals surface area contributed by atoms with Crippen LogP contribution in [0.4, 0.5) is 0 Å². The molecular weight excluding hydrogens is 204 g/mol. The Bertz CT molecular complexity index is 324. The van der Waals surface area contributed by atoms with Gasteiger partial charge in [0.15, 0.2) is 0 Å². The topological polar surface area (TPSA) is 20.2 Å². The number of benzene rings is 1. The highest BCUT2D eigenvalue weighted by Crippen LogP contribution is 2.38. The van der Waals surface area contributed by atoms with Gasteiger partial charge in [0.05, 0.1) is 6.10 Å². The predicted molar refractivity (Wildman–Crippen MR) is 66.2 cm³/mol. The minimum Gasteiger partial charge on any atom is -0.388 e. The van der Waals surface area contributed by atoms with Crippen LogP contribution in [0.25, 0.3) is 0 Å². The molecule has 0 saturated heterocycles. The van der Waals surface area contributed by atoms with Gasteiger partial charge in [-0.25, -0.2) is 0 Å². The van der Waals surface area contributed by atoms with Crippen molar-refractivity contribution in [1.82, 2.24) is 0 Å². The van der Waals surface area contributed by atoms with Crippen LogP contribution in [-0.4, -0.2) is 16.6 Å². The summed E-state index contributed by atoms with van der Waals surface area (Å²) in [5.74, 6) is 2.79. The van der Waals surface area contributed by atoms with Gasteiger partial charge in [0.2, 0.25) is 0 Å². The van der Waals surface area contributed by atoms with E-state index in [2.05, 4.69) is 25.1 Å². The third-order valence-corrected chi connectivity index (χ3v) is 4.07. The number of hydrogen-bond acceptors (Lipinski definition) is 2. The summed E-state index contributed by atoms with van der Waals surface area (Å²) in [4.78, 5) is 0. The van der Waals surface area contributed by atoms with E-state index in [4.69, 9.17) is 0 Å². The Labute approximate surface area is 95.9 Å². The highest BCUT2D eigenvalue weighted by atomic mass is 32.2. The molecule has 0 aromatic heterocycles. The minimum absolute atomic E-state index is 0.223. The molecule has 0 fully saturated rings. The summed E-state index contributed by atoms with van der Waals surface area (Å²) < 4.78 is 0. The van der Waals surface area contributed by atoms with Gasteiger partial charge in [-0.1, -0.05) is 31.2 Å². The van der Waals surface area contributed by atoms with Crippen LogP contribution in [-0.2, 0) is 6.42 Å². The molecule has 0 bridgehead atoms. The van der Waals surface area contributed by atoms with Crippen LogP contribution in [0, 0.1) is 5.92 Å². The number of aliphatic hydroxyl groups is 1. The molecule has 0 heterocycles. The summed E-state index contributed by atoms with van der Waals surface area (Å²) in [7, 11) is 0. The highest BCUT2D eigenvalue weighted by molar-refractivity contribution is 7.99. The Morgan fingerprint density at radius 3 is 2.93 bits per heavy atom. The second-order valence-electron chi connectivity index (χ2n) is 4.09. The van der Waals surface area contributed by atoms with Crippen molar-refractivity contribution in [1.29, 1.82) is 0 Å². The first-order chi connectivity index (χ1) is 7.33. The van der Waals surface area contributed by atoms with Crippen molar-refractivity contribution < 1.29 is 5.11 Å². The maximum absolute atomic E-state index is 10.1. The zero-order valence-corrected chi connectivity index (χ0v) is 9.96. The maximum atomic E-state index is 10.1. The molecule has 2 atom stereocenters. The van der Waals surface area contributed by atoms with E-state index >= 15 is 0 Å². The van der Waals surface area contributed by atoms with Crippen LogP contribution in [0.5, 0.6) is 0 Å². The zero-order valence-electron chi connectivity index (χ0n) is 9.15. The van der Waals surface area contributed by atoms with Crippen molar-refractivity contribution in [3.8, 4) is 0 Å². The number of rotatable bonds is 4. The molecule has 82 valence electrons. The van der Waals surface area contributed by atoms with Gasteiger partial charge in [-0.05, 0) is 41.4 Å². The highest BCUT2D eigenvalue weighted by Gasteiger charge is 2.29. The normalized spacial score (nSPS) is 24.1. The fraction of sp³-hybridized carbons (Fsp3) is 0.538. The average Bonchev–Trinajstić information content (AvgIpc) is 2.57. The minimum atomic E-state index is -0.223. The standard InChI is InChI=1S/C13H18OS/c1-2-15-8-7-11-9-10-5-3-4-6-12(10)13(11)14/h3-6,11,13-14H,2,7-9H2,1H3. The van der Waals surface area contributed by atoms with Crippen molar-refractivity contribution in [3.05, 3.63) is 35.4 Å². The smallest absolute Gasteiger partial charge is 0.0824 e. The van der Waals surface area contributed by atoms with Crippen LogP contribution in [0.15, 0.2) is 24.3 Å². The molecule has 1 nitrogen and oxygen atoms in total. The number of thioether (sulfide) groups is 1. The number of hydrogen-bond donors (Lipinski definition) is 1. The van der Waals surface area contributed by atoms with E-state index in [1.807, 2.05) is 17.8 Å². The average molecular weight is 222 g/mol. The van der Waals surface area contributed by atoms with Crippen LogP contribution in [0.1, 0.15) is 30.6 Å². The Balaban J connectivity index is 1.97. The van der Waals surface area contributed by atoms with Gasteiger partial charge in [0.1, 0.15) is 0 Å². The van der Waals surface area contributed by atoms with E-state index in [9.17, 15) is 5.11 Å². The third kappa shape index (κ3) is 2.37.